The van der Waals surface area contributed by atoms with Crippen molar-refractivity contribution in [3.05, 3.63) is 88.6 Å². The number of carbonyl (C=O) groups excluding carboxylic acids is 4. The Balaban J connectivity index is 1.27. The fraction of sp³-hybridized carbons (Fsp3) is 0.185. The highest BCUT2D eigenvalue weighted by atomic mass is 19.1. The van der Waals surface area contributed by atoms with E-state index in [0.29, 0.717) is 29.0 Å². The van der Waals surface area contributed by atoms with Gasteiger partial charge in [-0.1, -0.05) is 18.2 Å². The number of anilines is 1. The number of carbonyl (C=O) groups is 4. The quantitative estimate of drug-likeness (QED) is 0.283. The van der Waals surface area contributed by atoms with Crippen LogP contribution in [0.3, 0.4) is 0 Å². The Morgan fingerprint density at radius 1 is 1.07 bits per heavy atom. The first-order valence-electron chi connectivity index (χ1n) is 12.2. The number of methoxy groups -OCH3 is 1. The zero-order chi connectivity index (χ0) is 28.2. The molecule has 0 fully saturated rings. The van der Waals surface area contributed by atoms with Crippen LogP contribution in [0.25, 0.3) is 5.65 Å². The normalized spacial score (nSPS) is 12.2. The first-order chi connectivity index (χ1) is 19.3. The molecule has 13 heteroatoms. The molecule has 4 aromatic rings. The number of nitrogens with one attached hydrogen (secondary N) is 3. The summed E-state index contributed by atoms with van der Waals surface area (Å²) in [6.45, 7) is 0.236. The average Bonchev–Trinajstić information content (AvgIpc) is 3.35. The number of fused-ring (bicyclic) bond motifs is 2. The van der Waals surface area contributed by atoms with Gasteiger partial charge in [-0.15, -0.1) is 0 Å². The molecule has 0 unspecified atom stereocenters. The van der Waals surface area contributed by atoms with E-state index in [0.717, 1.165) is 16.3 Å². The lowest BCUT2D eigenvalue weighted by atomic mass is 10.1. The van der Waals surface area contributed by atoms with Crippen molar-refractivity contribution in [3.63, 3.8) is 0 Å². The van der Waals surface area contributed by atoms with Gasteiger partial charge in [0.05, 0.1) is 24.6 Å². The Kier molecular flexibility index (Phi) is 7.35. The van der Waals surface area contributed by atoms with Gasteiger partial charge in [-0.2, -0.15) is 5.10 Å². The van der Waals surface area contributed by atoms with Crippen LogP contribution in [-0.2, 0) is 22.5 Å². The second kappa shape index (κ2) is 11.2. The lowest BCUT2D eigenvalue weighted by Crippen LogP contribution is -2.30. The molecular formula is C27H23FN6O6. The van der Waals surface area contributed by atoms with Gasteiger partial charge in [-0.25, -0.2) is 18.7 Å². The molecule has 3 heterocycles. The summed E-state index contributed by atoms with van der Waals surface area (Å²) in [5.41, 5.74) is 1.91. The highest BCUT2D eigenvalue weighted by Gasteiger charge is 2.21. The van der Waals surface area contributed by atoms with Crippen molar-refractivity contribution in [2.45, 2.75) is 13.0 Å². The number of halogens is 1. The Labute approximate surface area is 226 Å². The predicted molar refractivity (Wildman–Crippen MR) is 139 cm³/mol. The van der Waals surface area contributed by atoms with E-state index in [-0.39, 0.29) is 42.6 Å². The van der Waals surface area contributed by atoms with Crippen LogP contribution in [0.2, 0.25) is 0 Å². The van der Waals surface area contributed by atoms with Gasteiger partial charge < -0.3 is 25.4 Å². The SMILES string of the molecule is COC(=O)c1ccc(CCNC(=O)c2cc(C(=O)NCc3ccc4c(c3)NC(=O)CO4)nc3c(F)cnn23)cc1. The molecule has 3 amide bonds. The standard InChI is InChI=1S/C27H23FN6O6/c1-39-27(38)17-5-2-15(3-6-17)8-9-29-26(37)21-11-20(33-24-18(28)13-31-34(21)24)25(36)30-12-16-4-7-22-19(10-16)32-23(35)14-40-22/h2-7,10-11,13H,8-9,12,14H2,1H3,(H,29,37)(H,30,36)(H,32,35). The number of aromatic nitrogens is 3. The molecule has 40 heavy (non-hydrogen) atoms. The molecule has 0 spiro atoms. The van der Waals surface area contributed by atoms with Crippen molar-refractivity contribution in [3.8, 4) is 5.75 Å². The smallest absolute Gasteiger partial charge is 0.337 e. The number of hydrogen-bond donors (Lipinski definition) is 3. The molecule has 12 nitrogen and oxygen atoms in total. The van der Waals surface area contributed by atoms with Crippen LogP contribution in [0, 0.1) is 5.82 Å². The van der Waals surface area contributed by atoms with Crippen LogP contribution in [-0.4, -0.2) is 58.6 Å². The van der Waals surface area contributed by atoms with Crippen molar-refractivity contribution < 1.29 is 33.0 Å². The number of ether oxygens (including phenoxy) is 2. The molecule has 2 aromatic carbocycles. The van der Waals surface area contributed by atoms with Gasteiger partial charge in [-0.3, -0.25) is 14.4 Å². The lowest BCUT2D eigenvalue weighted by molar-refractivity contribution is -0.118. The summed E-state index contributed by atoms with van der Waals surface area (Å²) in [5, 5.41) is 12.0. The second-order valence-electron chi connectivity index (χ2n) is 8.80. The maximum Gasteiger partial charge on any atom is 0.337 e. The summed E-state index contributed by atoms with van der Waals surface area (Å²) < 4.78 is 25.4. The lowest BCUT2D eigenvalue weighted by Gasteiger charge is -2.18. The Morgan fingerprint density at radius 2 is 1.85 bits per heavy atom. The first-order valence-corrected chi connectivity index (χ1v) is 12.2. The van der Waals surface area contributed by atoms with Crippen LogP contribution in [0.1, 0.15) is 42.5 Å². The van der Waals surface area contributed by atoms with E-state index in [1.165, 1.54) is 13.2 Å². The molecule has 0 radical (unpaired) electrons. The van der Waals surface area contributed by atoms with Crippen molar-refractivity contribution in [1.82, 2.24) is 25.2 Å². The largest absolute Gasteiger partial charge is 0.482 e. The minimum Gasteiger partial charge on any atom is -0.482 e. The topological polar surface area (TPSA) is 153 Å². The molecule has 204 valence electrons. The number of nitrogens with zero attached hydrogens (tertiary/aromatic N) is 3. The maximum absolute atomic E-state index is 14.4. The summed E-state index contributed by atoms with van der Waals surface area (Å²) in [6.07, 6.45) is 1.36. The fourth-order valence-corrected chi connectivity index (χ4v) is 4.06. The third-order valence-corrected chi connectivity index (χ3v) is 6.10. The van der Waals surface area contributed by atoms with Crippen molar-refractivity contribution in [2.75, 3.05) is 25.6 Å². The monoisotopic (exact) mass is 546 g/mol. The number of amides is 3. The molecule has 0 saturated heterocycles. The molecule has 3 N–H and O–H groups in total. The van der Waals surface area contributed by atoms with E-state index in [2.05, 4.69) is 30.8 Å². The van der Waals surface area contributed by atoms with E-state index in [1.54, 1.807) is 42.5 Å². The van der Waals surface area contributed by atoms with Gasteiger partial charge in [0.2, 0.25) is 0 Å². The van der Waals surface area contributed by atoms with Crippen LogP contribution < -0.4 is 20.7 Å². The average molecular weight is 547 g/mol. The molecular weight excluding hydrogens is 523 g/mol. The van der Waals surface area contributed by atoms with Crippen LogP contribution in [0.4, 0.5) is 10.1 Å². The highest BCUT2D eigenvalue weighted by Crippen LogP contribution is 2.28. The Morgan fingerprint density at radius 3 is 2.62 bits per heavy atom. The van der Waals surface area contributed by atoms with E-state index in [9.17, 15) is 23.6 Å². The number of rotatable bonds is 8. The molecule has 0 saturated carbocycles. The van der Waals surface area contributed by atoms with Gasteiger partial charge in [0, 0.05) is 19.2 Å². The molecule has 2 aromatic heterocycles. The Bertz CT molecular complexity index is 1630. The van der Waals surface area contributed by atoms with E-state index >= 15 is 0 Å². The number of esters is 1. The van der Waals surface area contributed by atoms with Gasteiger partial charge in [0.1, 0.15) is 17.1 Å². The van der Waals surface area contributed by atoms with Crippen molar-refractivity contribution in [2.24, 2.45) is 0 Å². The van der Waals surface area contributed by atoms with Crippen LogP contribution in [0.15, 0.2) is 54.7 Å². The third kappa shape index (κ3) is 5.57. The van der Waals surface area contributed by atoms with Crippen LogP contribution in [0.5, 0.6) is 5.75 Å². The third-order valence-electron chi connectivity index (χ3n) is 6.10. The minimum atomic E-state index is -0.792. The van der Waals surface area contributed by atoms with Gasteiger partial charge >= 0.3 is 5.97 Å². The highest BCUT2D eigenvalue weighted by molar-refractivity contribution is 5.98. The molecule has 0 atom stereocenters. The first kappa shape index (κ1) is 26.3. The van der Waals surface area contributed by atoms with Crippen molar-refractivity contribution >= 4 is 35.0 Å². The minimum absolute atomic E-state index is 0.0670. The molecule has 5 rings (SSSR count). The molecule has 1 aliphatic heterocycles. The van der Waals surface area contributed by atoms with E-state index in [1.807, 2.05) is 0 Å². The number of benzene rings is 2. The van der Waals surface area contributed by atoms with Gasteiger partial charge in [0.15, 0.2) is 18.1 Å². The van der Waals surface area contributed by atoms with Crippen LogP contribution >= 0.6 is 0 Å². The fourth-order valence-electron chi connectivity index (χ4n) is 4.06. The van der Waals surface area contributed by atoms with E-state index in [4.69, 9.17) is 4.74 Å². The summed E-state index contributed by atoms with van der Waals surface area (Å²) in [4.78, 5) is 53.1. The van der Waals surface area contributed by atoms with Gasteiger partial charge in [0.25, 0.3) is 17.7 Å². The predicted octanol–water partition coefficient (Wildman–Crippen LogP) is 1.89. The molecule has 0 bridgehead atoms. The summed E-state index contributed by atoms with van der Waals surface area (Å²) in [7, 11) is 1.30. The summed E-state index contributed by atoms with van der Waals surface area (Å²) >= 11 is 0. The molecule has 1 aliphatic rings. The summed E-state index contributed by atoms with van der Waals surface area (Å²) in [6, 6.07) is 13.1. The zero-order valence-corrected chi connectivity index (χ0v) is 21.2. The maximum atomic E-state index is 14.4. The number of hydrogen-bond acceptors (Lipinski definition) is 8. The van der Waals surface area contributed by atoms with E-state index < -0.39 is 23.6 Å². The zero-order valence-electron chi connectivity index (χ0n) is 21.2. The second-order valence-corrected chi connectivity index (χ2v) is 8.80. The molecule has 0 aliphatic carbocycles. The Hall–Kier alpha value is -5.33. The van der Waals surface area contributed by atoms with Crippen molar-refractivity contribution in [1.29, 1.82) is 0 Å². The van der Waals surface area contributed by atoms with Gasteiger partial charge in [-0.05, 0) is 41.8 Å². The summed E-state index contributed by atoms with van der Waals surface area (Å²) in [5.74, 6) is -2.22.